The monoisotopic (exact) mass is 427 g/mol. The maximum absolute atomic E-state index is 13.2. The summed E-state index contributed by atoms with van der Waals surface area (Å²) < 4.78 is 26.4. The average Bonchev–Trinajstić information content (AvgIpc) is 3.23. The lowest BCUT2D eigenvalue weighted by atomic mass is 9.95. The molecule has 0 radical (unpaired) electrons. The molecule has 0 N–H and O–H groups in total. The molecular formula is C23H26FN3O2S. The van der Waals surface area contributed by atoms with Crippen molar-refractivity contribution in [3.8, 4) is 22.9 Å². The minimum atomic E-state index is -0.219. The van der Waals surface area contributed by atoms with E-state index in [0.717, 1.165) is 46.4 Å². The zero-order chi connectivity index (χ0) is 20.9. The van der Waals surface area contributed by atoms with Crippen molar-refractivity contribution in [3.05, 3.63) is 53.8 Å². The standard InChI is InChI=1S/C23H26FN3O2S/c1-28-20-12-17(13-21(14-20)29-2)22-25-26-23(27(22)19-6-4-3-5-7-19)30-15-16-8-10-18(24)11-9-16/h8-14,19H,3-7,15H2,1-2H3. The number of halogens is 1. The van der Waals surface area contributed by atoms with Crippen LogP contribution in [0.15, 0.2) is 47.6 Å². The summed E-state index contributed by atoms with van der Waals surface area (Å²) in [7, 11) is 3.29. The van der Waals surface area contributed by atoms with E-state index >= 15 is 0 Å². The van der Waals surface area contributed by atoms with Gasteiger partial charge < -0.3 is 9.47 Å². The van der Waals surface area contributed by atoms with Crippen molar-refractivity contribution in [2.45, 2.75) is 49.1 Å². The Morgan fingerprint density at radius 2 is 1.63 bits per heavy atom. The van der Waals surface area contributed by atoms with E-state index in [1.54, 1.807) is 26.0 Å². The molecule has 7 heteroatoms. The van der Waals surface area contributed by atoms with E-state index in [9.17, 15) is 4.39 Å². The SMILES string of the molecule is COc1cc(OC)cc(-c2nnc(SCc3ccc(F)cc3)n2C2CCCCC2)c1. The van der Waals surface area contributed by atoms with Crippen molar-refractivity contribution in [3.63, 3.8) is 0 Å². The topological polar surface area (TPSA) is 49.2 Å². The molecule has 3 aromatic rings. The van der Waals surface area contributed by atoms with Crippen molar-refractivity contribution >= 4 is 11.8 Å². The summed E-state index contributed by atoms with van der Waals surface area (Å²) >= 11 is 1.64. The van der Waals surface area contributed by atoms with Crippen LogP contribution in [-0.2, 0) is 5.75 Å². The van der Waals surface area contributed by atoms with Crippen molar-refractivity contribution in [1.82, 2.24) is 14.8 Å². The summed E-state index contributed by atoms with van der Waals surface area (Å²) in [6.07, 6.45) is 5.95. The third-order valence-corrected chi connectivity index (χ3v) is 6.51. The van der Waals surface area contributed by atoms with Crippen LogP contribution >= 0.6 is 11.8 Å². The summed E-state index contributed by atoms with van der Waals surface area (Å²) in [5, 5.41) is 9.98. The highest BCUT2D eigenvalue weighted by molar-refractivity contribution is 7.98. The van der Waals surface area contributed by atoms with Crippen LogP contribution in [0.5, 0.6) is 11.5 Å². The number of thioether (sulfide) groups is 1. The normalized spacial score (nSPS) is 14.6. The number of hydrogen-bond acceptors (Lipinski definition) is 5. The smallest absolute Gasteiger partial charge is 0.192 e. The Kier molecular flexibility index (Phi) is 6.57. The van der Waals surface area contributed by atoms with Gasteiger partial charge in [0.25, 0.3) is 0 Å². The third-order valence-electron chi connectivity index (χ3n) is 5.50. The molecular weight excluding hydrogens is 401 g/mol. The summed E-state index contributed by atoms with van der Waals surface area (Å²) in [5.41, 5.74) is 1.99. The Hall–Kier alpha value is -2.54. The zero-order valence-corrected chi connectivity index (χ0v) is 18.1. The summed E-state index contributed by atoms with van der Waals surface area (Å²) in [6.45, 7) is 0. The Bertz CT molecular complexity index is 962. The first-order valence-electron chi connectivity index (χ1n) is 10.2. The first-order chi connectivity index (χ1) is 14.7. The Morgan fingerprint density at radius 3 is 2.27 bits per heavy atom. The maximum atomic E-state index is 13.2. The molecule has 5 nitrogen and oxygen atoms in total. The molecule has 158 valence electrons. The minimum Gasteiger partial charge on any atom is -0.497 e. The van der Waals surface area contributed by atoms with Crippen LogP contribution in [-0.4, -0.2) is 29.0 Å². The first kappa shape index (κ1) is 20.7. The van der Waals surface area contributed by atoms with Crippen LogP contribution in [0.4, 0.5) is 4.39 Å². The predicted octanol–water partition coefficient (Wildman–Crippen LogP) is 5.90. The van der Waals surface area contributed by atoms with Crippen molar-refractivity contribution in [2.24, 2.45) is 0 Å². The molecule has 4 rings (SSSR count). The molecule has 0 aliphatic heterocycles. The second-order valence-electron chi connectivity index (χ2n) is 7.48. The molecule has 0 atom stereocenters. The lowest BCUT2D eigenvalue weighted by molar-refractivity contribution is 0.339. The van der Waals surface area contributed by atoms with Gasteiger partial charge in [0, 0.05) is 23.4 Å². The minimum absolute atomic E-state index is 0.219. The highest BCUT2D eigenvalue weighted by Crippen LogP contribution is 2.38. The van der Waals surface area contributed by atoms with E-state index in [0.29, 0.717) is 11.8 Å². The Morgan fingerprint density at radius 1 is 0.967 bits per heavy atom. The molecule has 30 heavy (non-hydrogen) atoms. The summed E-state index contributed by atoms with van der Waals surface area (Å²) in [4.78, 5) is 0. The van der Waals surface area contributed by atoms with Crippen molar-refractivity contribution in [1.29, 1.82) is 0 Å². The van der Waals surface area contributed by atoms with Gasteiger partial charge in [-0.3, -0.25) is 4.57 Å². The number of nitrogens with zero attached hydrogens (tertiary/aromatic N) is 3. The fourth-order valence-electron chi connectivity index (χ4n) is 3.91. The van der Waals surface area contributed by atoms with E-state index in [1.165, 1.54) is 31.4 Å². The van der Waals surface area contributed by atoms with Crippen LogP contribution in [0.3, 0.4) is 0 Å². The van der Waals surface area contributed by atoms with Gasteiger partial charge in [-0.2, -0.15) is 0 Å². The van der Waals surface area contributed by atoms with Crippen LogP contribution < -0.4 is 9.47 Å². The molecule has 1 aliphatic rings. The van der Waals surface area contributed by atoms with E-state index in [1.807, 2.05) is 30.3 Å². The Balaban J connectivity index is 1.69. The second kappa shape index (κ2) is 9.51. The molecule has 0 saturated heterocycles. The van der Waals surface area contributed by atoms with Gasteiger partial charge in [-0.25, -0.2) is 4.39 Å². The first-order valence-corrected chi connectivity index (χ1v) is 11.2. The number of rotatable bonds is 7. The van der Waals surface area contributed by atoms with E-state index < -0.39 is 0 Å². The third kappa shape index (κ3) is 4.61. The number of methoxy groups -OCH3 is 2. The van der Waals surface area contributed by atoms with Gasteiger partial charge in [0.05, 0.1) is 14.2 Å². The molecule has 1 aliphatic carbocycles. The van der Waals surface area contributed by atoms with Gasteiger partial charge in [0.1, 0.15) is 17.3 Å². The van der Waals surface area contributed by atoms with Gasteiger partial charge in [-0.1, -0.05) is 43.2 Å². The van der Waals surface area contributed by atoms with Gasteiger partial charge >= 0.3 is 0 Å². The summed E-state index contributed by atoms with van der Waals surface area (Å²) in [6, 6.07) is 12.8. The molecule has 1 aromatic heterocycles. The maximum Gasteiger partial charge on any atom is 0.192 e. The summed E-state index contributed by atoms with van der Waals surface area (Å²) in [5.74, 6) is 2.78. The zero-order valence-electron chi connectivity index (χ0n) is 17.3. The quantitative estimate of drug-likeness (QED) is 0.440. The van der Waals surface area contributed by atoms with Crippen LogP contribution in [0, 0.1) is 5.82 Å². The van der Waals surface area contributed by atoms with Gasteiger partial charge in [-0.05, 0) is 42.7 Å². The molecule has 0 amide bonds. The molecule has 1 fully saturated rings. The van der Waals surface area contributed by atoms with Gasteiger partial charge in [0.15, 0.2) is 11.0 Å². The largest absolute Gasteiger partial charge is 0.497 e. The highest BCUT2D eigenvalue weighted by Gasteiger charge is 2.24. The number of aromatic nitrogens is 3. The highest BCUT2D eigenvalue weighted by atomic mass is 32.2. The fraction of sp³-hybridized carbons (Fsp3) is 0.391. The predicted molar refractivity (Wildman–Crippen MR) is 117 cm³/mol. The van der Waals surface area contributed by atoms with Crippen molar-refractivity contribution in [2.75, 3.05) is 14.2 Å². The lowest BCUT2D eigenvalue weighted by Gasteiger charge is -2.25. The molecule has 1 heterocycles. The number of ether oxygens (including phenoxy) is 2. The molecule has 1 saturated carbocycles. The van der Waals surface area contributed by atoms with E-state index in [4.69, 9.17) is 9.47 Å². The lowest BCUT2D eigenvalue weighted by Crippen LogP contribution is -2.15. The second-order valence-corrected chi connectivity index (χ2v) is 8.43. The molecule has 0 unspecified atom stereocenters. The van der Waals surface area contributed by atoms with Gasteiger partial charge in [-0.15, -0.1) is 10.2 Å². The molecule has 0 spiro atoms. The van der Waals surface area contributed by atoms with Gasteiger partial charge in [0.2, 0.25) is 0 Å². The fourth-order valence-corrected chi connectivity index (χ4v) is 4.87. The van der Waals surface area contributed by atoms with E-state index in [2.05, 4.69) is 14.8 Å². The van der Waals surface area contributed by atoms with Crippen LogP contribution in [0.2, 0.25) is 0 Å². The van der Waals surface area contributed by atoms with E-state index in [-0.39, 0.29) is 5.82 Å². The Labute approximate surface area is 180 Å². The number of benzene rings is 2. The van der Waals surface area contributed by atoms with Crippen molar-refractivity contribution < 1.29 is 13.9 Å². The molecule has 0 bridgehead atoms. The van der Waals surface area contributed by atoms with Crippen LogP contribution in [0.25, 0.3) is 11.4 Å². The average molecular weight is 428 g/mol. The molecule has 2 aromatic carbocycles. The number of hydrogen-bond donors (Lipinski definition) is 0. The van der Waals surface area contributed by atoms with Crippen LogP contribution in [0.1, 0.15) is 43.7 Å².